The summed E-state index contributed by atoms with van der Waals surface area (Å²) >= 11 is 0. The summed E-state index contributed by atoms with van der Waals surface area (Å²) in [6.07, 6.45) is 1.47. The van der Waals surface area contributed by atoms with E-state index in [2.05, 4.69) is 34.6 Å². The molecule has 1 fully saturated rings. The summed E-state index contributed by atoms with van der Waals surface area (Å²) in [5.74, 6) is 2.94. The van der Waals surface area contributed by atoms with Crippen molar-refractivity contribution >= 4 is 0 Å². The topological polar surface area (TPSA) is 0 Å². The van der Waals surface area contributed by atoms with Crippen LogP contribution in [-0.2, 0) is 0 Å². The zero-order valence-corrected chi connectivity index (χ0v) is 7.94. The summed E-state index contributed by atoms with van der Waals surface area (Å²) in [4.78, 5) is 0. The lowest BCUT2D eigenvalue weighted by Gasteiger charge is -2.27. The molecule has 0 heteroatoms. The molecule has 3 unspecified atom stereocenters. The van der Waals surface area contributed by atoms with Crippen LogP contribution in [0.3, 0.4) is 0 Å². The SMILES string of the molecule is CC1CC1C(C)C(C)(C)C. The van der Waals surface area contributed by atoms with Crippen LogP contribution in [0.2, 0.25) is 0 Å². The molecule has 0 aromatic carbocycles. The molecule has 0 nitrogen and oxygen atoms in total. The molecule has 1 saturated carbocycles. The van der Waals surface area contributed by atoms with Gasteiger partial charge in [-0.15, -0.1) is 0 Å². The van der Waals surface area contributed by atoms with Gasteiger partial charge in [-0.3, -0.25) is 0 Å². The lowest BCUT2D eigenvalue weighted by molar-refractivity contribution is 0.225. The van der Waals surface area contributed by atoms with Crippen LogP contribution >= 0.6 is 0 Å². The van der Waals surface area contributed by atoms with Crippen molar-refractivity contribution in [2.24, 2.45) is 23.2 Å². The summed E-state index contributed by atoms with van der Waals surface area (Å²) in [7, 11) is 0. The van der Waals surface area contributed by atoms with Crippen LogP contribution in [0.25, 0.3) is 0 Å². The zero-order chi connectivity index (χ0) is 7.94. The van der Waals surface area contributed by atoms with E-state index in [0.717, 1.165) is 17.8 Å². The fraction of sp³-hybridized carbons (Fsp3) is 1.00. The lowest BCUT2D eigenvalue weighted by atomic mass is 9.78. The minimum absolute atomic E-state index is 0.523. The predicted molar refractivity (Wildman–Crippen MR) is 45.9 cm³/mol. The van der Waals surface area contributed by atoms with Crippen molar-refractivity contribution < 1.29 is 0 Å². The average molecular weight is 140 g/mol. The van der Waals surface area contributed by atoms with Crippen molar-refractivity contribution in [2.75, 3.05) is 0 Å². The molecule has 0 aromatic heterocycles. The monoisotopic (exact) mass is 140 g/mol. The first-order chi connectivity index (χ1) is 4.43. The van der Waals surface area contributed by atoms with Gasteiger partial charge in [-0.1, -0.05) is 34.6 Å². The van der Waals surface area contributed by atoms with Crippen molar-refractivity contribution in [3.8, 4) is 0 Å². The second-order valence-electron chi connectivity index (χ2n) is 5.03. The van der Waals surface area contributed by atoms with Gasteiger partial charge in [0, 0.05) is 0 Å². The molecule has 0 aromatic rings. The first kappa shape index (κ1) is 8.10. The third-order valence-electron chi connectivity index (χ3n) is 3.18. The summed E-state index contributed by atoms with van der Waals surface area (Å²) in [6.45, 7) is 11.8. The van der Waals surface area contributed by atoms with E-state index >= 15 is 0 Å². The van der Waals surface area contributed by atoms with Gasteiger partial charge in [-0.05, 0) is 29.6 Å². The fourth-order valence-electron chi connectivity index (χ4n) is 1.69. The van der Waals surface area contributed by atoms with Gasteiger partial charge in [0.2, 0.25) is 0 Å². The second kappa shape index (κ2) is 2.25. The fourth-order valence-corrected chi connectivity index (χ4v) is 1.69. The Kier molecular flexibility index (Phi) is 1.82. The Morgan fingerprint density at radius 2 is 1.70 bits per heavy atom. The van der Waals surface area contributed by atoms with Gasteiger partial charge in [0.15, 0.2) is 0 Å². The molecule has 1 aliphatic carbocycles. The largest absolute Gasteiger partial charge is 0.0622 e. The van der Waals surface area contributed by atoms with E-state index in [0.29, 0.717) is 5.41 Å². The molecule has 0 bridgehead atoms. The Morgan fingerprint density at radius 1 is 1.30 bits per heavy atom. The highest BCUT2D eigenvalue weighted by Crippen LogP contribution is 2.49. The molecule has 10 heavy (non-hydrogen) atoms. The highest BCUT2D eigenvalue weighted by Gasteiger charge is 2.41. The van der Waals surface area contributed by atoms with E-state index in [-0.39, 0.29) is 0 Å². The summed E-state index contributed by atoms with van der Waals surface area (Å²) in [5.41, 5.74) is 0.523. The van der Waals surface area contributed by atoms with E-state index in [1.54, 1.807) is 0 Å². The first-order valence-electron chi connectivity index (χ1n) is 4.43. The molecular formula is C10H20. The smallest absolute Gasteiger partial charge is 0.0354 e. The maximum atomic E-state index is 2.40. The summed E-state index contributed by atoms with van der Waals surface area (Å²) in [6, 6.07) is 0. The molecule has 1 aliphatic rings. The number of rotatable bonds is 1. The molecule has 3 atom stereocenters. The van der Waals surface area contributed by atoms with Crippen LogP contribution in [0.1, 0.15) is 41.0 Å². The van der Waals surface area contributed by atoms with Gasteiger partial charge in [0.25, 0.3) is 0 Å². The van der Waals surface area contributed by atoms with Crippen LogP contribution in [0.4, 0.5) is 0 Å². The lowest BCUT2D eigenvalue weighted by Crippen LogP contribution is -2.19. The number of hydrogen-bond acceptors (Lipinski definition) is 0. The van der Waals surface area contributed by atoms with E-state index in [1.165, 1.54) is 6.42 Å². The highest BCUT2D eigenvalue weighted by atomic mass is 14.5. The summed E-state index contributed by atoms with van der Waals surface area (Å²) in [5, 5.41) is 0. The molecule has 0 N–H and O–H groups in total. The minimum atomic E-state index is 0.523. The van der Waals surface area contributed by atoms with Crippen molar-refractivity contribution in [3.05, 3.63) is 0 Å². The average Bonchev–Trinajstić information content (AvgIpc) is 2.42. The van der Waals surface area contributed by atoms with Gasteiger partial charge in [-0.25, -0.2) is 0 Å². The van der Waals surface area contributed by atoms with Crippen LogP contribution in [0, 0.1) is 23.2 Å². The van der Waals surface area contributed by atoms with Crippen molar-refractivity contribution in [1.29, 1.82) is 0 Å². The standard InChI is InChI=1S/C10H20/c1-7-6-9(7)8(2)10(3,4)5/h7-9H,6H2,1-5H3. The van der Waals surface area contributed by atoms with Gasteiger partial charge >= 0.3 is 0 Å². The van der Waals surface area contributed by atoms with E-state index in [1.807, 2.05) is 0 Å². The third kappa shape index (κ3) is 1.53. The Morgan fingerprint density at radius 3 is 1.80 bits per heavy atom. The molecule has 60 valence electrons. The molecule has 0 spiro atoms. The molecule has 0 saturated heterocycles. The second-order valence-corrected chi connectivity index (χ2v) is 5.03. The molecule has 0 amide bonds. The van der Waals surface area contributed by atoms with Gasteiger partial charge in [0.1, 0.15) is 0 Å². The summed E-state index contributed by atoms with van der Waals surface area (Å²) < 4.78 is 0. The number of hydrogen-bond donors (Lipinski definition) is 0. The molecule has 0 aliphatic heterocycles. The molecule has 0 heterocycles. The van der Waals surface area contributed by atoms with Crippen LogP contribution in [0.5, 0.6) is 0 Å². The Hall–Kier alpha value is 0. The maximum Gasteiger partial charge on any atom is -0.0354 e. The predicted octanol–water partition coefficient (Wildman–Crippen LogP) is 3.32. The quantitative estimate of drug-likeness (QED) is 0.524. The van der Waals surface area contributed by atoms with Crippen molar-refractivity contribution in [3.63, 3.8) is 0 Å². The molecule has 0 radical (unpaired) electrons. The third-order valence-corrected chi connectivity index (χ3v) is 3.18. The molecule has 1 rings (SSSR count). The zero-order valence-electron chi connectivity index (χ0n) is 7.94. The maximum absolute atomic E-state index is 2.40. The van der Waals surface area contributed by atoms with Crippen LogP contribution < -0.4 is 0 Å². The van der Waals surface area contributed by atoms with Gasteiger partial charge < -0.3 is 0 Å². The Balaban J connectivity index is 2.42. The van der Waals surface area contributed by atoms with Crippen LogP contribution in [0.15, 0.2) is 0 Å². The Labute approximate surface area is 65.0 Å². The van der Waals surface area contributed by atoms with Gasteiger partial charge in [-0.2, -0.15) is 0 Å². The minimum Gasteiger partial charge on any atom is -0.0622 e. The van der Waals surface area contributed by atoms with Gasteiger partial charge in [0.05, 0.1) is 0 Å². The first-order valence-corrected chi connectivity index (χ1v) is 4.43. The van der Waals surface area contributed by atoms with Crippen molar-refractivity contribution in [1.82, 2.24) is 0 Å². The highest BCUT2D eigenvalue weighted by molar-refractivity contribution is 4.90. The van der Waals surface area contributed by atoms with E-state index < -0.39 is 0 Å². The van der Waals surface area contributed by atoms with E-state index in [4.69, 9.17) is 0 Å². The Bertz CT molecular complexity index is 118. The normalized spacial score (nSPS) is 35.7. The van der Waals surface area contributed by atoms with Crippen LogP contribution in [-0.4, -0.2) is 0 Å². The van der Waals surface area contributed by atoms with Crippen molar-refractivity contribution in [2.45, 2.75) is 41.0 Å². The molecular weight excluding hydrogens is 120 g/mol. The van der Waals surface area contributed by atoms with E-state index in [9.17, 15) is 0 Å².